The maximum Gasteiger partial charge on any atom is 0.240 e. The van der Waals surface area contributed by atoms with Gasteiger partial charge in [-0.25, -0.2) is 13.1 Å². The first-order valence-electron chi connectivity index (χ1n) is 6.35. The van der Waals surface area contributed by atoms with Crippen molar-refractivity contribution in [3.8, 4) is 0 Å². The van der Waals surface area contributed by atoms with Gasteiger partial charge in [0.15, 0.2) is 0 Å². The first kappa shape index (κ1) is 13.5. The van der Waals surface area contributed by atoms with Crippen LogP contribution in [0.5, 0.6) is 0 Å². The monoisotopic (exact) mass is 268 g/mol. The van der Waals surface area contributed by atoms with Crippen molar-refractivity contribution < 1.29 is 8.42 Å². The lowest BCUT2D eigenvalue weighted by atomic mass is 10.1. The number of hydrogen-bond donors (Lipinski definition) is 2. The maximum atomic E-state index is 12.0. The molecule has 1 aliphatic rings. The van der Waals surface area contributed by atoms with Gasteiger partial charge in [-0.3, -0.25) is 0 Å². The third-order valence-corrected chi connectivity index (χ3v) is 4.60. The Labute approximate surface area is 109 Å². The number of hydrogen-bond acceptors (Lipinski definition) is 3. The fraction of sp³-hybridized carbons (Fsp3) is 0.538. The molecule has 1 aliphatic carbocycles. The second-order valence-electron chi connectivity index (χ2n) is 4.79. The van der Waals surface area contributed by atoms with Crippen LogP contribution in [-0.2, 0) is 16.4 Å². The standard InChI is InChI=1S/C13H20N2O2S/c1-14-9-8-11-4-6-13(7-5-11)18(16,17)15-10-12-2-3-12/h4-7,12,14-15H,2-3,8-10H2,1H3. The van der Waals surface area contributed by atoms with Gasteiger partial charge in [0.1, 0.15) is 0 Å². The van der Waals surface area contributed by atoms with Crippen LogP contribution in [0.2, 0.25) is 0 Å². The third-order valence-electron chi connectivity index (χ3n) is 3.16. The lowest BCUT2D eigenvalue weighted by Crippen LogP contribution is -2.25. The average Bonchev–Trinajstić information content (AvgIpc) is 3.19. The second kappa shape index (κ2) is 5.82. The summed E-state index contributed by atoms with van der Waals surface area (Å²) in [6.07, 6.45) is 3.20. The fourth-order valence-electron chi connectivity index (χ4n) is 1.74. The number of likely N-dealkylation sites (N-methyl/N-ethyl adjacent to an activating group) is 1. The summed E-state index contributed by atoms with van der Waals surface area (Å²) in [6.45, 7) is 1.47. The van der Waals surface area contributed by atoms with Crippen molar-refractivity contribution in [1.82, 2.24) is 10.0 Å². The molecule has 1 aromatic carbocycles. The summed E-state index contributed by atoms with van der Waals surface area (Å²) in [5, 5.41) is 3.07. The Hall–Kier alpha value is -0.910. The van der Waals surface area contributed by atoms with Crippen LogP contribution in [0.15, 0.2) is 29.2 Å². The molecule has 0 spiro atoms. The normalized spacial score (nSPS) is 15.8. The van der Waals surface area contributed by atoms with E-state index >= 15 is 0 Å². The minimum Gasteiger partial charge on any atom is -0.319 e. The highest BCUT2D eigenvalue weighted by molar-refractivity contribution is 7.89. The average molecular weight is 268 g/mol. The molecule has 0 atom stereocenters. The molecule has 1 aromatic rings. The largest absolute Gasteiger partial charge is 0.319 e. The van der Waals surface area contributed by atoms with E-state index in [4.69, 9.17) is 0 Å². The second-order valence-corrected chi connectivity index (χ2v) is 6.56. The van der Waals surface area contributed by atoms with Gasteiger partial charge >= 0.3 is 0 Å². The molecule has 5 heteroatoms. The molecule has 18 heavy (non-hydrogen) atoms. The van der Waals surface area contributed by atoms with E-state index in [0.717, 1.165) is 31.4 Å². The van der Waals surface area contributed by atoms with Crippen LogP contribution >= 0.6 is 0 Å². The van der Waals surface area contributed by atoms with E-state index in [9.17, 15) is 8.42 Å². The molecule has 0 saturated heterocycles. The highest BCUT2D eigenvalue weighted by Crippen LogP contribution is 2.28. The number of sulfonamides is 1. The van der Waals surface area contributed by atoms with Crippen LogP contribution in [0, 0.1) is 5.92 Å². The van der Waals surface area contributed by atoms with E-state index in [2.05, 4.69) is 10.0 Å². The van der Waals surface area contributed by atoms with Crippen LogP contribution in [0.1, 0.15) is 18.4 Å². The molecule has 0 amide bonds. The summed E-state index contributed by atoms with van der Waals surface area (Å²) < 4.78 is 26.6. The summed E-state index contributed by atoms with van der Waals surface area (Å²) >= 11 is 0. The Morgan fingerprint density at radius 1 is 1.22 bits per heavy atom. The van der Waals surface area contributed by atoms with E-state index < -0.39 is 10.0 Å². The lowest BCUT2D eigenvalue weighted by molar-refractivity contribution is 0.577. The van der Waals surface area contributed by atoms with Gasteiger partial charge < -0.3 is 5.32 Å². The molecule has 4 nitrogen and oxygen atoms in total. The minimum atomic E-state index is -3.32. The van der Waals surface area contributed by atoms with E-state index in [1.165, 1.54) is 0 Å². The fourth-order valence-corrected chi connectivity index (χ4v) is 2.85. The van der Waals surface area contributed by atoms with E-state index in [1.807, 2.05) is 19.2 Å². The molecule has 2 rings (SSSR count). The van der Waals surface area contributed by atoms with Crippen LogP contribution in [-0.4, -0.2) is 28.6 Å². The van der Waals surface area contributed by atoms with Crippen molar-refractivity contribution in [2.24, 2.45) is 5.92 Å². The summed E-state index contributed by atoms with van der Waals surface area (Å²) in [6, 6.07) is 7.12. The summed E-state index contributed by atoms with van der Waals surface area (Å²) in [4.78, 5) is 0.358. The lowest BCUT2D eigenvalue weighted by Gasteiger charge is -2.07. The molecule has 0 heterocycles. The van der Waals surface area contributed by atoms with Crippen LogP contribution < -0.4 is 10.0 Å². The Morgan fingerprint density at radius 3 is 2.44 bits per heavy atom. The minimum absolute atomic E-state index is 0.358. The topological polar surface area (TPSA) is 58.2 Å². The zero-order valence-electron chi connectivity index (χ0n) is 10.6. The van der Waals surface area contributed by atoms with Crippen molar-refractivity contribution >= 4 is 10.0 Å². The molecule has 100 valence electrons. The number of benzene rings is 1. The van der Waals surface area contributed by atoms with Crippen molar-refractivity contribution in [2.75, 3.05) is 20.1 Å². The van der Waals surface area contributed by atoms with Gasteiger partial charge in [0.25, 0.3) is 0 Å². The molecule has 2 N–H and O–H groups in total. The Kier molecular flexibility index (Phi) is 4.37. The van der Waals surface area contributed by atoms with Crippen LogP contribution in [0.4, 0.5) is 0 Å². The van der Waals surface area contributed by atoms with E-state index in [0.29, 0.717) is 17.4 Å². The molecule has 0 aliphatic heterocycles. The highest BCUT2D eigenvalue weighted by atomic mass is 32.2. The van der Waals surface area contributed by atoms with Gasteiger partial charge in [0.2, 0.25) is 10.0 Å². The Balaban J connectivity index is 1.98. The third kappa shape index (κ3) is 3.80. The van der Waals surface area contributed by atoms with Crippen molar-refractivity contribution in [1.29, 1.82) is 0 Å². The van der Waals surface area contributed by atoms with Gasteiger partial charge in [-0.1, -0.05) is 12.1 Å². The van der Waals surface area contributed by atoms with Crippen LogP contribution in [0.25, 0.3) is 0 Å². The van der Waals surface area contributed by atoms with Crippen LogP contribution in [0.3, 0.4) is 0 Å². The number of nitrogens with one attached hydrogen (secondary N) is 2. The van der Waals surface area contributed by atoms with Gasteiger partial charge in [0, 0.05) is 6.54 Å². The molecule has 0 bridgehead atoms. The van der Waals surface area contributed by atoms with E-state index in [1.54, 1.807) is 12.1 Å². The van der Waals surface area contributed by atoms with Crippen molar-refractivity contribution in [3.63, 3.8) is 0 Å². The predicted molar refractivity (Wildman–Crippen MR) is 72.0 cm³/mol. The summed E-state index contributed by atoms with van der Waals surface area (Å²) in [5.74, 6) is 0.551. The first-order chi connectivity index (χ1) is 8.62. The molecular formula is C13H20N2O2S. The zero-order valence-corrected chi connectivity index (χ0v) is 11.5. The zero-order chi connectivity index (χ0) is 13.0. The highest BCUT2D eigenvalue weighted by Gasteiger charge is 2.24. The molecule has 1 fully saturated rings. The van der Waals surface area contributed by atoms with E-state index in [-0.39, 0.29) is 0 Å². The SMILES string of the molecule is CNCCc1ccc(S(=O)(=O)NCC2CC2)cc1. The Bertz CT molecular complexity index is 478. The van der Waals surface area contributed by atoms with Gasteiger partial charge in [-0.15, -0.1) is 0 Å². The molecule has 0 unspecified atom stereocenters. The molecule has 0 radical (unpaired) electrons. The van der Waals surface area contributed by atoms with Gasteiger partial charge in [-0.05, 0) is 56.5 Å². The summed E-state index contributed by atoms with van der Waals surface area (Å²) in [5.41, 5.74) is 1.14. The smallest absolute Gasteiger partial charge is 0.240 e. The summed E-state index contributed by atoms with van der Waals surface area (Å²) in [7, 11) is -1.41. The maximum absolute atomic E-state index is 12.0. The van der Waals surface area contributed by atoms with Gasteiger partial charge in [-0.2, -0.15) is 0 Å². The first-order valence-corrected chi connectivity index (χ1v) is 7.83. The predicted octanol–water partition coefficient (Wildman–Crippen LogP) is 1.14. The van der Waals surface area contributed by atoms with Gasteiger partial charge in [0.05, 0.1) is 4.90 Å². The quantitative estimate of drug-likeness (QED) is 0.779. The number of rotatable bonds is 7. The molecule has 1 saturated carbocycles. The van der Waals surface area contributed by atoms with Crippen molar-refractivity contribution in [2.45, 2.75) is 24.2 Å². The molecule has 0 aromatic heterocycles. The van der Waals surface area contributed by atoms with Crippen molar-refractivity contribution in [3.05, 3.63) is 29.8 Å². The Morgan fingerprint density at radius 2 is 1.89 bits per heavy atom. The molecular weight excluding hydrogens is 248 g/mol.